The van der Waals surface area contributed by atoms with Crippen molar-refractivity contribution in [1.82, 2.24) is 4.57 Å². The molecule has 0 spiro atoms. The van der Waals surface area contributed by atoms with Gasteiger partial charge in [0.05, 0.1) is 18.3 Å². The van der Waals surface area contributed by atoms with Gasteiger partial charge in [-0.1, -0.05) is 32.6 Å². The van der Waals surface area contributed by atoms with Crippen molar-refractivity contribution in [2.45, 2.75) is 46.0 Å². The molecule has 7 heteroatoms. The van der Waals surface area contributed by atoms with Crippen molar-refractivity contribution in [3.05, 3.63) is 76.7 Å². The topological polar surface area (TPSA) is 54.6 Å². The highest BCUT2D eigenvalue weighted by Gasteiger charge is 2.33. The fourth-order valence-electron chi connectivity index (χ4n) is 3.27. The number of halogens is 3. The van der Waals surface area contributed by atoms with Crippen LogP contribution < -0.4 is 5.56 Å². The van der Waals surface area contributed by atoms with Crippen LogP contribution >= 0.6 is 0 Å². The summed E-state index contributed by atoms with van der Waals surface area (Å²) in [6, 6.07) is 9.30. The Balaban J connectivity index is 2.27. The van der Waals surface area contributed by atoms with Gasteiger partial charge in [-0.3, -0.25) is 9.79 Å². The molecule has 0 aliphatic carbocycles. The third-order valence-corrected chi connectivity index (χ3v) is 5.29. The number of alkyl halides is 3. The first-order valence-electron chi connectivity index (χ1n) is 9.76. The van der Waals surface area contributed by atoms with Crippen molar-refractivity contribution < 1.29 is 18.3 Å². The Morgan fingerprint density at radius 2 is 1.93 bits per heavy atom. The molecule has 1 aromatic heterocycles. The summed E-state index contributed by atoms with van der Waals surface area (Å²) >= 11 is 0. The number of aliphatic imine (C=N–C) groups is 1. The number of pyridine rings is 1. The summed E-state index contributed by atoms with van der Waals surface area (Å²) < 4.78 is 39.6. The third kappa shape index (κ3) is 6.61. The lowest BCUT2D eigenvalue weighted by Crippen LogP contribution is -2.26. The molecule has 30 heavy (non-hydrogen) atoms. The van der Waals surface area contributed by atoms with Gasteiger partial charge in [0.25, 0.3) is 5.56 Å². The molecule has 0 fully saturated rings. The van der Waals surface area contributed by atoms with Gasteiger partial charge in [-0.25, -0.2) is 0 Å². The number of allylic oxidation sites excluding steroid dienone is 1. The van der Waals surface area contributed by atoms with Gasteiger partial charge < -0.3 is 9.67 Å². The van der Waals surface area contributed by atoms with Crippen molar-refractivity contribution in [3.63, 3.8) is 0 Å². The number of aromatic nitrogens is 1. The van der Waals surface area contributed by atoms with Crippen molar-refractivity contribution >= 4 is 5.71 Å². The Hall–Kier alpha value is -2.83. The highest BCUT2D eigenvalue weighted by atomic mass is 19.4. The SMILES string of the molecule is C=C/C(=N\C(C)C(C)C(C)CC(F)(F)F)c1ccc(=O)n(Cc2cccc(O)c2)c1. The van der Waals surface area contributed by atoms with Crippen LogP contribution in [0.2, 0.25) is 0 Å². The number of benzene rings is 1. The third-order valence-electron chi connectivity index (χ3n) is 5.29. The molecule has 3 unspecified atom stereocenters. The van der Waals surface area contributed by atoms with Crippen LogP contribution in [0.15, 0.2) is 65.0 Å². The van der Waals surface area contributed by atoms with E-state index in [1.54, 1.807) is 57.3 Å². The summed E-state index contributed by atoms with van der Waals surface area (Å²) in [5, 5.41) is 9.62. The van der Waals surface area contributed by atoms with Crippen LogP contribution in [0.25, 0.3) is 0 Å². The van der Waals surface area contributed by atoms with Gasteiger partial charge in [0.1, 0.15) is 5.75 Å². The van der Waals surface area contributed by atoms with E-state index < -0.39 is 18.5 Å². The summed E-state index contributed by atoms with van der Waals surface area (Å²) in [5.41, 5.74) is 1.70. The van der Waals surface area contributed by atoms with Crippen LogP contribution in [-0.2, 0) is 6.54 Å². The van der Waals surface area contributed by atoms with E-state index >= 15 is 0 Å². The van der Waals surface area contributed by atoms with E-state index in [1.165, 1.54) is 16.7 Å². The fraction of sp³-hybridized carbons (Fsp3) is 0.391. The highest BCUT2D eigenvalue weighted by molar-refractivity contribution is 6.08. The molecule has 1 N–H and O–H groups in total. The lowest BCUT2D eigenvalue weighted by Gasteiger charge is -2.25. The number of hydrogen-bond acceptors (Lipinski definition) is 3. The fourth-order valence-corrected chi connectivity index (χ4v) is 3.27. The molecule has 162 valence electrons. The number of phenolic OH excluding ortho intramolecular Hbond substituents is 1. The van der Waals surface area contributed by atoms with E-state index in [0.717, 1.165) is 5.56 Å². The summed E-state index contributed by atoms with van der Waals surface area (Å²) in [4.78, 5) is 16.8. The van der Waals surface area contributed by atoms with Gasteiger partial charge in [0.15, 0.2) is 0 Å². The molecule has 2 rings (SSSR count). The predicted octanol–water partition coefficient (Wildman–Crippen LogP) is 5.19. The molecular weight excluding hydrogens is 393 g/mol. The van der Waals surface area contributed by atoms with Gasteiger partial charge in [0.2, 0.25) is 0 Å². The average Bonchev–Trinajstić information content (AvgIpc) is 2.66. The Kier molecular flexibility index (Phi) is 7.65. The van der Waals surface area contributed by atoms with E-state index in [0.29, 0.717) is 11.3 Å². The zero-order valence-corrected chi connectivity index (χ0v) is 17.4. The molecule has 4 nitrogen and oxygen atoms in total. The summed E-state index contributed by atoms with van der Waals surface area (Å²) in [6.45, 7) is 9.15. The van der Waals surface area contributed by atoms with E-state index in [4.69, 9.17) is 0 Å². The van der Waals surface area contributed by atoms with Gasteiger partial charge in [0, 0.05) is 24.2 Å². The summed E-state index contributed by atoms with van der Waals surface area (Å²) in [7, 11) is 0. The van der Waals surface area contributed by atoms with Crippen molar-refractivity contribution in [2.24, 2.45) is 16.8 Å². The minimum Gasteiger partial charge on any atom is -0.508 e. The normalized spacial score (nSPS) is 15.5. The molecule has 0 amide bonds. The first-order valence-corrected chi connectivity index (χ1v) is 9.76. The Morgan fingerprint density at radius 1 is 1.23 bits per heavy atom. The highest BCUT2D eigenvalue weighted by Crippen LogP contribution is 2.31. The average molecular weight is 420 g/mol. The molecule has 1 aromatic carbocycles. The monoisotopic (exact) mass is 420 g/mol. The second kappa shape index (κ2) is 9.78. The molecule has 0 radical (unpaired) electrons. The number of hydrogen-bond donors (Lipinski definition) is 1. The van der Waals surface area contributed by atoms with Gasteiger partial charge >= 0.3 is 6.18 Å². The Bertz CT molecular complexity index is 963. The summed E-state index contributed by atoms with van der Waals surface area (Å²) in [5.74, 6) is -0.755. The van der Waals surface area contributed by atoms with Gasteiger partial charge in [-0.15, -0.1) is 0 Å². The molecule has 2 aromatic rings. The molecular formula is C23H27F3N2O2. The molecule has 0 saturated carbocycles. The van der Waals surface area contributed by atoms with Crippen LogP contribution in [0.4, 0.5) is 13.2 Å². The van der Waals surface area contributed by atoms with Crippen molar-refractivity contribution in [1.29, 1.82) is 0 Å². The molecule has 0 aliphatic rings. The maximum Gasteiger partial charge on any atom is 0.389 e. The number of aromatic hydroxyl groups is 1. The van der Waals surface area contributed by atoms with Crippen LogP contribution in [0, 0.1) is 11.8 Å². The minimum atomic E-state index is -4.21. The quantitative estimate of drug-likeness (QED) is 0.598. The molecule has 0 aliphatic heterocycles. The Morgan fingerprint density at radius 3 is 2.53 bits per heavy atom. The first-order chi connectivity index (χ1) is 14.0. The van der Waals surface area contributed by atoms with Crippen molar-refractivity contribution in [3.8, 4) is 5.75 Å². The standard InChI is InChI=1S/C23H27F3N2O2/c1-5-21(27-17(4)16(3)15(2)12-23(24,25)26)19-9-10-22(30)28(14-19)13-18-7-6-8-20(29)11-18/h5-11,14-17,29H,1,12-13H2,2-4H3/b27-21+. The van der Waals surface area contributed by atoms with Gasteiger partial charge in [-0.2, -0.15) is 13.2 Å². The zero-order valence-electron chi connectivity index (χ0n) is 17.4. The van der Waals surface area contributed by atoms with Crippen LogP contribution in [0.1, 0.15) is 38.3 Å². The van der Waals surface area contributed by atoms with Crippen LogP contribution in [-0.4, -0.2) is 27.6 Å². The first kappa shape index (κ1) is 23.4. The second-order valence-electron chi connectivity index (χ2n) is 7.67. The lowest BCUT2D eigenvalue weighted by atomic mass is 9.87. The Labute approximate surface area is 174 Å². The molecule has 0 saturated heterocycles. The maximum atomic E-state index is 12.7. The maximum absolute atomic E-state index is 12.7. The lowest BCUT2D eigenvalue weighted by molar-refractivity contribution is -0.146. The number of rotatable bonds is 8. The van der Waals surface area contributed by atoms with E-state index in [-0.39, 0.29) is 29.8 Å². The predicted molar refractivity (Wildman–Crippen MR) is 113 cm³/mol. The number of nitrogens with zero attached hydrogens (tertiary/aromatic N) is 2. The summed E-state index contributed by atoms with van der Waals surface area (Å²) in [6.07, 6.45) is -1.88. The van der Waals surface area contributed by atoms with Crippen molar-refractivity contribution in [2.75, 3.05) is 0 Å². The van der Waals surface area contributed by atoms with Gasteiger partial charge in [-0.05, 0) is 48.6 Å². The van der Waals surface area contributed by atoms with E-state index in [2.05, 4.69) is 11.6 Å². The minimum absolute atomic E-state index is 0.112. The number of phenols is 1. The second-order valence-corrected chi connectivity index (χ2v) is 7.67. The molecule has 3 atom stereocenters. The van der Waals surface area contributed by atoms with Crippen LogP contribution in [0.5, 0.6) is 5.75 Å². The zero-order chi connectivity index (χ0) is 22.5. The van der Waals surface area contributed by atoms with E-state index in [1.807, 2.05) is 0 Å². The van der Waals surface area contributed by atoms with Crippen LogP contribution in [0.3, 0.4) is 0 Å². The molecule has 0 bridgehead atoms. The smallest absolute Gasteiger partial charge is 0.389 e. The largest absolute Gasteiger partial charge is 0.508 e. The van der Waals surface area contributed by atoms with E-state index in [9.17, 15) is 23.1 Å². The molecule has 1 heterocycles.